The Morgan fingerprint density at radius 1 is 0.951 bits per heavy atom. The standard InChI is InChI=1S/C35H43N3O2S/c1-27(31-14-8-5-9-15-31)26-41-30(4)36-35(39)38(23-22-37-24-28(2)40-29(3)25-37)21-20-34(32-16-10-6-11-17-32)33-18-12-7-13-19-33/h5-19,26,28-29,34H,4,20-25H2,1-3H3,(H,36,39)/b27-26+. The third kappa shape index (κ3) is 9.63. The predicted molar refractivity (Wildman–Crippen MR) is 173 cm³/mol. The van der Waals surface area contributed by atoms with Crippen LogP contribution in [0.4, 0.5) is 4.79 Å². The van der Waals surface area contributed by atoms with Crippen LogP contribution in [-0.4, -0.2) is 60.8 Å². The monoisotopic (exact) mass is 569 g/mol. The summed E-state index contributed by atoms with van der Waals surface area (Å²) in [6.45, 7) is 14.3. The smallest absolute Gasteiger partial charge is 0.322 e. The number of amides is 2. The lowest BCUT2D eigenvalue weighted by Crippen LogP contribution is -2.49. The number of nitrogens with zero attached hydrogens (tertiary/aromatic N) is 2. The van der Waals surface area contributed by atoms with E-state index in [9.17, 15) is 4.79 Å². The number of allylic oxidation sites excluding steroid dienone is 1. The number of morpholine rings is 1. The fourth-order valence-electron chi connectivity index (χ4n) is 5.38. The lowest BCUT2D eigenvalue weighted by Gasteiger charge is -2.36. The quantitative estimate of drug-likeness (QED) is 0.244. The maximum atomic E-state index is 13.6. The van der Waals surface area contributed by atoms with Crippen molar-refractivity contribution in [3.8, 4) is 0 Å². The molecule has 0 radical (unpaired) electrons. The van der Waals surface area contributed by atoms with E-state index in [-0.39, 0.29) is 24.2 Å². The molecule has 0 aromatic heterocycles. The molecule has 0 aliphatic carbocycles. The Balaban J connectivity index is 1.45. The molecule has 3 aromatic carbocycles. The van der Waals surface area contributed by atoms with Gasteiger partial charge in [-0.15, -0.1) is 0 Å². The molecule has 1 N–H and O–H groups in total. The maximum absolute atomic E-state index is 13.6. The summed E-state index contributed by atoms with van der Waals surface area (Å²) in [6, 6.07) is 31.3. The molecule has 2 atom stereocenters. The molecule has 1 aliphatic heterocycles. The average molecular weight is 570 g/mol. The number of nitrogens with one attached hydrogen (secondary N) is 1. The molecular formula is C35H43N3O2S. The van der Waals surface area contributed by atoms with Crippen molar-refractivity contribution < 1.29 is 9.53 Å². The van der Waals surface area contributed by atoms with Gasteiger partial charge in [0, 0.05) is 38.6 Å². The molecule has 41 heavy (non-hydrogen) atoms. The van der Waals surface area contributed by atoms with Crippen molar-refractivity contribution in [2.45, 2.75) is 45.3 Å². The van der Waals surface area contributed by atoms with Crippen molar-refractivity contribution in [3.63, 3.8) is 0 Å². The summed E-state index contributed by atoms with van der Waals surface area (Å²) in [6.07, 6.45) is 1.21. The second-order valence-electron chi connectivity index (χ2n) is 10.8. The van der Waals surface area contributed by atoms with E-state index in [0.29, 0.717) is 18.1 Å². The first-order chi connectivity index (χ1) is 19.9. The van der Waals surface area contributed by atoms with E-state index >= 15 is 0 Å². The molecule has 6 heteroatoms. The van der Waals surface area contributed by atoms with Gasteiger partial charge in [-0.2, -0.15) is 0 Å². The highest BCUT2D eigenvalue weighted by molar-refractivity contribution is 8.05. The van der Waals surface area contributed by atoms with Gasteiger partial charge in [-0.3, -0.25) is 4.90 Å². The molecule has 1 heterocycles. The van der Waals surface area contributed by atoms with Crippen LogP contribution in [0.25, 0.3) is 5.57 Å². The van der Waals surface area contributed by atoms with Crippen molar-refractivity contribution in [3.05, 3.63) is 125 Å². The summed E-state index contributed by atoms with van der Waals surface area (Å²) in [5.41, 5.74) is 4.81. The van der Waals surface area contributed by atoms with Crippen molar-refractivity contribution in [1.29, 1.82) is 0 Å². The summed E-state index contributed by atoms with van der Waals surface area (Å²) in [4.78, 5) is 18.0. The maximum Gasteiger partial charge on any atom is 0.322 e. The van der Waals surface area contributed by atoms with Crippen LogP contribution < -0.4 is 5.32 Å². The normalized spacial score (nSPS) is 17.8. The van der Waals surface area contributed by atoms with E-state index in [1.807, 2.05) is 40.6 Å². The Kier molecular flexibility index (Phi) is 11.7. The van der Waals surface area contributed by atoms with Gasteiger partial charge in [0.2, 0.25) is 0 Å². The Morgan fingerprint density at radius 3 is 2.05 bits per heavy atom. The Morgan fingerprint density at radius 2 is 1.49 bits per heavy atom. The number of ether oxygens (including phenoxy) is 1. The van der Waals surface area contributed by atoms with Crippen LogP contribution in [-0.2, 0) is 4.74 Å². The molecule has 0 bridgehead atoms. The number of benzene rings is 3. The van der Waals surface area contributed by atoms with E-state index in [0.717, 1.165) is 37.2 Å². The van der Waals surface area contributed by atoms with Crippen molar-refractivity contribution in [2.75, 3.05) is 32.7 Å². The summed E-state index contributed by atoms with van der Waals surface area (Å²) < 4.78 is 5.92. The molecule has 4 rings (SSSR count). The van der Waals surface area contributed by atoms with Gasteiger partial charge in [0.1, 0.15) is 0 Å². The largest absolute Gasteiger partial charge is 0.373 e. The van der Waals surface area contributed by atoms with Crippen LogP contribution in [0.3, 0.4) is 0 Å². The zero-order valence-electron chi connectivity index (χ0n) is 24.5. The van der Waals surface area contributed by atoms with Gasteiger partial charge in [-0.25, -0.2) is 4.79 Å². The Hall–Kier alpha value is -3.32. The number of rotatable bonds is 12. The van der Waals surface area contributed by atoms with Gasteiger partial charge in [0.05, 0.1) is 17.2 Å². The van der Waals surface area contributed by atoms with Gasteiger partial charge in [-0.1, -0.05) is 109 Å². The van der Waals surface area contributed by atoms with Crippen molar-refractivity contribution in [1.82, 2.24) is 15.1 Å². The van der Waals surface area contributed by atoms with Crippen molar-refractivity contribution in [2.24, 2.45) is 0 Å². The van der Waals surface area contributed by atoms with E-state index < -0.39 is 0 Å². The Bertz CT molecular complexity index is 1220. The topological polar surface area (TPSA) is 44.8 Å². The van der Waals surface area contributed by atoms with E-state index in [1.165, 1.54) is 22.9 Å². The van der Waals surface area contributed by atoms with Crippen LogP contribution in [0, 0.1) is 0 Å². The molecule has 2 unspecified atom stereocenters. The lowest BCUT2D eigenvalue weighted by atomic mass is 9.88. The van der Waals surface area contributed by atoms with E-state index in [4.69, 9.17) is 4.74 Å². The van der Waals surface area contributed by atoms with Crippen LogP contribution in [0.15, 0.2) is 108 Å². The van der Waals surface area contributed by atoms with E-state index in [2.05, 4.69) is 98.2 Å². The number of carbonyl (C=O) groups is 1. The van der Waals surface area contributed by atoms with Gasteiger partial charge >= 0.3 is 6.03 Å². The molecule has 1 saturated heterocycles. The first-order valence-corrected chi connectivity index (χ1v) is 15.4. The molecular weight excluding hydrogens is 526 g/mol. The van der Waals surface area contributed by atoms with Gasteiger partial charge < -0.3 is 15.0 Å². The lowest BCUT2D eigenvalue weighted by molar-refractivity contribution is -0.0687. The minimum Gasteiger partial charge on any atom is -0.373 e. The van der Waals surface area contributed by atoms with Gasteiger partial charge in [0.15, 0.2) is 0 Å². The SMILES string of the molecule is C=C(NC(=O)N(CCC(c1ccccc1)c1ccccc1)CCN1CC(C)OC(C)C1)S/C=C(\C)c1ccccc1. The molecule has 1 aliphatic rings. The molecule has 0 saturated carbocycles. The molecule has 5 nitrogen and oxygen atoms in total. The summed E-state index contributed by atoms with van der Waals surface area (Å²) in [5, 5.41) is 5.72. The number of hydrogen-bond acceptors (Lipinski definition) is 4. The molecule has 2 amide bonds. The minimum atomic E-state index is -0.109. The summed E-state index contributed by atoms with van der Waals surface area (Å²) in [7, 11) is 0. The summed E-state index contributed by atoms with van der Waals surface area (Å²) in [5.74, 6) is 0.199. The molecule has 0 spiro atoms. The fourth-order valence-corrected chi connectivity index (χ4v) is 5.98. The first kappa shape index (κ1) is 30.6. The first-order valence-electron chi connectivity index (χ1n) is 14.5. The number of urea groups is 1. The van der Waals surface area contributed by atoms with E-state index in [1.54, 1.807) is 0 Å². The molecule has 1 fully saturated rings. The van der Waals surface area contributed by atoms with Gasteiger partial charge in [0.25, 0.3) is 0 Å². The highest BCUT2D eigenvalue weighted by atomic mass is 32.2. The third-order valence-electron chi connectivity index (χ3n) is 7.41. The average Bonchev–Trinajstić information content (AvgIpc) is 2.98. The second kappa shape index (κ2) is 15.6. The molecule has 3 aromatic rings. The van der Waals surface area contributed by atoms with Crippen LogP contribution in [0.2, 0.25) is 0 Å². The zero-order chi connectivity index (χ0) is 29.0. The predicted octanol–water partition coefficient (Wildman–Crippen LogP) is 7.59. The number of hydrogen-bond donors (Lipinski definition) is 1. The third-order valence-corrected chi connectivity index (χ3v) is 8.27. The fraction of sp³-hybridized carbons (Fsp3) is 0.343. The molecule has 216 valence electrons. The highest BCUT2D eigenvalue weighted by Crippen LogP contribution is 2.28. The zero-order valence-corrected chi connectivity index (χ0v) is 25.4. The van der Waals surface area contributed by atoms with Crippen LogP contribution in [0.5, 0.6) is 0 Å². The van der Waals surface area contributed by atoms with Gasteiger partial charge in [-0.05, 0) is 54.9 Å². The van der Waals surface area contributed by atoms with Crippen LogP contribution in [0.1, 0.15) is 49.8 Å². The van der Waals surface area contributed by atoms with Crippen LogP contribution >= 0.6 is 11.8 Å². The highest BCUT2D eigenvalue weighted by Gasteiger charge is 2.24. The summed E-state index contributed by atoms with van der Waals surface area (Å²) >= 11 is 1.45. The Labute approximate surface area is 250 Å². The number of carbonyl (C=O) groups excluding carboxylic acids is 1. The minimum absolute atomic E-state index is 0.109. The second-order valence-corrected chi connectivity index (χ2v) is 11.8. The number of thioether (sulfide) groups is 1. The van der Waals surface area contributed by atoms with Crippen molar-refractivity contribution >= 4 is 23.4 Å².